The summed E-state index contributed by atoms with van der Waals surface area (Å²) >= 11 is 1.77. The van der Waals surface area contributed by atoms with E-state index in [1.807, 2.05) is 16.9 Å². The molecule has 0 aliphatic carbocycles. The molecular weight excluding hydrogens is 254 g/mol. The number of nitrogens with zero attached hydrogens (tertiary/aromatic N) is 2. The van der Waals surface area contributed by atoms with Crippen molar-refractivity contribution in [3.05, 3.63) is 42.1 Å². The minimum atomic E-state index is 0.532. The van der Waals surface area contributed by atoms with Gasteiger partial charge >= 0.3 is 0 Å². The molecule has 2 aromatic rings. The first-order chi connectivity index (χ1) is 9.16. The van der Waals surface area contributed by atoms with E-state index >= 15 is 0 Å². The third-order valence-electron chi connectivity index (χ3n) is 2.89. The molecule has 0 bridgehead atoms. The van der Waals surface area contributed by atoms with Crippen molar-refractivity contribution in [3.8, 4) is 0 Å². The summed E-state index contributed by atoms with van der Waals surface area (Å²) in [6.45, 7) is 5.20. The quantitative estimate of drug-likeness (QED) is 0.819. The monoisotopic (exact) mass is 275 g/mol. The fraction of sp³-hybridized carbons (Fsp3) is 0.400. The van der Waals surface area contributed by atoms with Gasteiger partial charge in [-0.25, -0.2) is 4.68 Å². The molecule has 19 heavy (non-hydrogen) atoms. The molecule has 102 valence electrons. The number of nitrogen functional groups attached to an aromatic ring is 1. The van der Waals surface area contributed by atoms with E-state index in [0.29, 0.717) is 5.25 Å². The van der Waals surface area contributed by atoms with Gasteiger partial charge in [0.25, 0.3) is 0 Å². The molecule has 1 heterocycles. The Morgan fingerprint density at radius 1 is 1.26 bits per heavy atom. The Labute approximate surface area is 119 Å². The molecule has 3 nitrogen and oxygen atoms in total. The minimum Gasteiger partial charge on any atom is -0.383 e. The lowest BCUT2D eigenvalue weighted by molar-refractivity contribution is 0.586. The summed E-state index contributed by atoms with van der Waals surface area (Å²) in [6, 6.07) is 10.5. The minimum absolute atomic E-state index is 0.532. The summed E-state index contributed by atoms with van der Waals surface area (Å²) in [4.78, 5) is 1.09. The van der Waals surface area contributed by atoms with Crippen LogP contribution in [-0.2, 0) is 13.0 Å². The lowest BCUT2D eigenvalue weighted by atomic mass is 10.1. The standard InChI is InChI=1S/C15H21N3S/c1-12(2)19-14-11-17-18(15(14)16)10-6-9-13-7-4-3-5-8-13/h3-5,7-8,11-12H,6,9-10,16H2,1-2H3. The fourth-order valence-electron chi connectivity index (χ4n) is 1.98. The average Bonchev–Trinajstić information content (AvgIpc) is 2.72. The van der Waals surface area contributed by atoms with E-state index in [4.69, 9.17) is 5.73 Å². The van der Waals surface area contributed by atoms with Crippen LogP contribution in [0, 0.1) is 0 Å². The Kier molecular flexibility index (Phi) is 4.91. The summed E-state index contributed by atoms with van der Waals surface area (Å²) in [5.41, 5.74) is 7.48. The molecule has 0 atom stereocenters. The van der Waals surface area contributed by atoms with Crippen molar-refractivity contribution in [1.29, 1.82) is 0 Å². The predicted molar refractivity (Wildman–Crippen MR) is 82.4 cm³/mol. The van der Waals surface area contributed by atoms with Crippen LogP contribution in [0.4, 0.5) is 5.82 Å². The van der Waals surface area contributed by atoms with E-state index in [1.165, 1.54) is 5.56 Å². The van der Waals surface area contributed by atoms with Gasteiger partial charge in [-0.05, 0) is 18.4 Å². The van der Waals surface area contributed by atoms with Crippen LogP contribution in [0.5, 0.6) is 0 Å². The SMILES string of the molecule is CC(C)Sc1cnn(CCCc2ccccc2)c1N. The van der Waals surface area contributed by atoms with Crippen LogP contribution in [0.1, 0.15) is 25.8 Å². The lowest BCUT2D eigenvalue weighted by Crippen LogP contribution is -2.06. The van der Waals surface area contributed by atoms with Crippen molar-refractivity contribution in [2.75, 3.05) is 5.73 Å². The van der Waals surface area contributed by atoms with Crippen LogP contribution in [0.25, 0.3) is 0 Å². The number of anilines is 1. The first kappa shape index (κ1) is 14.0. The Hall–Kier alpha value is -1.42. The molecule has 0 aliphatic heterocycles. The van der Waals surface area contributed by atoms with Crippen molar-refractivity contribution < 1.29 is 0 Å². The zero-order valence-corrected chi connectivity index (χ0v) is 12.4. The fourth-order valence-corrected chi connectivity index (χ4v) is 2.82. The third-order valence-corrected chi connectivity index (χ3v) is 3.93. The summed E-state index contributed by atoms with van der Waals surface area (Å²) < 4.78 is 1.91. The smallest absolute Gasteiger partial charge is 0.135 e. The summed E-state index contributed by atoms with van der Waals surface area (Å²) in [7, 11) is 0. The number of hydrogen-bond donors (Lipinski definition) is 1. The third kappa shape index (κ3) is 4.03. The molecule has 0 fully saturated rings. The number of thioether (sulfide) groups is 1. The topological polar surface area (TPSA) is 43.8 Å². The van der Waals surface area contributed by atoms with Gasteiger partial charge in [0, 0.05) is 11.8 Å². The van der Waals surface area contributed by atoms with Gasteiger partial charge in [-0.15, -0.1) is 11.8 Å². The first-order valence-corrected chi connectivity index (χ1v) is 7.56. The predicted octanol–water partition coefficient (Wildman–Crippen LogP) is 3.60. The number of rotatable bonds is 6. The van der Waals surface area contributed by atoms with E-state index in [0.717, 1.165) is 30.1 Å². The van der Waals surface area contributed by atoms with Crippen LogP contribution < -0.4 is 5.73 Å². The van der Waals surface area contributed by atoms with E-state index in [1.54, 1.807) is 11.8 Å². The van der Waals surface area contributed by atoms with Gasteiger partial charge in [0.1, 0.15) is 5.82 Å². The Morgan fingerprint density at radius 3 is 2.68 bits per heavy atom. The number of benzene rings is 1. The number of hydrogen-bond acceptors (Lipinski definition) is 3. The van der Waals surface area contributed by atoms with Crippen LogP contribution in [0.3, 0.4) is 0 Å². The maximum absolute atomic E-state index is 6.11. The highest BCUT2D eigenvalue weighted by molar-refractivity contribution is 8.00. The highest BCUT2D eigenvalue weighted by atomic mass is 32.2. The van der Waals surface area contributed by atoms with Crippen LogP contribution >= 0.6 is 11.8 Å². The normalized spacial score (nSPS) is 11.1. The molecular formula is C15H21N3S. The van der Waals surface area contributed by atoms with Gasteiger partial charge in [0.05, 0.1) is 11.1 Å². The molecule has 2 N–H and O–H groups in total. The zero-order valence-electron chi connectivity index (χ0n) is 11.5. The summed E-state index contributed by atoms with van der Waals surface area (Å²) in [5.74, 6) is 0.798. The van der Waals surface area contributed by atoms with Crippen molar-refractivity contribution in [3.63, 3.8) is 0 Å². The van der Waals surface area contributed by atoms with Gasteiger partial charge in [0.15, 0.2) is 0 Å². The first-order valence-electron chi connectivity index (χ1n) is 6.68. The van der Waals surface area contributed by atoms with Crippen LogP contribution in [0.2, 0.25) is 0 Å². The van der Waals surface area contributed by atoms with Crippen molar-refractivity contribution in [2.45, 2.75) is 43.4 Å². The number of aromatic nitrogens is 2. The molecule has 0 amide bonds. The van der Waals surface area contributed by atoms with Crippen LogP contribution in [0.15, 0.2) is 41.4 Å². The highest BCUT2D eigenvalue weighted by Gasteiger charge is 2.09. The largest absolute Gasteiger partial charge is 0.383 e. The van der Waals surface area contributed by atoms with Gasteiger partial charge in [-0.3, -0.25) is 0 Å². The maximum Gasteiger partial charge on any atom is 0.135 e. The molecule has 0 unspecified atom stereocenters. The van der Waals surface area contributed by atoms with E-state index in [9.17, 15) is 0 Å². The molecule has 2 rings (SSSR count). The van der Waals surface area contributed by atoms with Gasteiger partial charge in [0.2, 0.25) is 0 Å². The second kappa shape index (κ2) is 6.66. The van der Waals surface area contributed by atoms with Crippen molar-refractivity contribution in [2.24, 2.45) is 0 Å². The molecule has 0 aliphatic rings. The van der Waals surface area contributed by atoms with Gasteiger partial charge < -0.3 is 5.73 Å². The molecule has 0 spiro atoms. The van der Waals surface area contributed by atoms with E-state index in [-0.39, 0.29) is 0 Å². The molecule has 0 saturated heterocycles. The summed E-state index contributed by atoms with van der Waals surface area (Å²) in [5, 5.41) is 4.90. The summed E-state index contributed by atoms with van der Waals surface area (Å²) in [6.07, 6.45) is 4.00. The second-order valence-electron chi connectivity index (χ2n) is 4.87. The molecule has 0 radical (unpaired) electrons. The second-order valence-corrected chi connectivity index (χ2v) is 6.49. The van der Waals surface area contributed by atoms with E-state index in [2.05, 4.69) is 43.2 Å². The lowest BCUT2D eigenvalue weighted by Gasteiger charge is -2.06. The Bertz CT molecular complexity index is 505. The highest BCUT2D eigenvalue weighted by Crippen LogP contribution is 2.28. The zero-order chi connectivity index (χ0) is 13.7. The van der Waals surface area contributed by atoms with Crippen LogP contribution in [-0.4, -0.2) is 15.0 Å². The van der Waals surface area contributed by atoms with Crippen molar-refractivity contribution in [1.82, 2.24) is 9.78 Å². The molecule has 1 aromatic heterocycles. The Balaban J connectivity index is 1.88. The maximum atomic E-state index is 6.11. The molecule has 1 aromatic carbocycles. The number of nitrogens with two attached hydrogens (primary N) is 1. The number of aryl methyl sites for hydroxylation is 2. The molecule has 4 heteroatoms. The van der Waals surface area contributed by atoms with Crippen molar-refractivity contribution >= 4 is 17.6 Å². The Morgan fingerprint density at radius 2 is 2.00 bits per heavy atom. The van der Waals surface area contributed by atoms with Gasteiger partial charge in [-0.2, -0.15) is 5.10 Å². The average molecular weight is 275 g/mol. The van der Waals surface area contributed by atoms with E-state index < -0.39 is 0 Å². The molecule has 0 saturated carbocycles. The van der Waals surface area contributed by atoms with Gasteiger partial charge in [-0.1, -0.05) is 44.2 Å².